The van der Waals surface area contributed by atoms with Crippen LogP contribution in [0.1, 0.15) is 74.0 Å². The van der Waals surface area contributed by atoms with Crippen LogP contribution in [0.3, 0.4) is 0 Å². The van der Waals surface area contributed by atoms with Crippen LogP contribution in [0.2, 0.25) is 0 Å². The fourth-order valence-electron chi connectivity index (χ4n) is 5.74. The van der Waals surface area contributed by atoms with E-state index in [9.17, 15) is 9.18 Å². The highest BCUT2D eigenvalue weighted by molar-refractivity contribution is 5.86. The van der Waals surface area contributed by atoms with Gasteiger partial charge in [0.2, 0.25) is 0 Å². The number of nitrogens with one attached hydrogen (secondary N) is 1. The van der Waals surface area contributed by atoms with Gasteiger partial charge in [0.1, 0.15) is 17.2 Å². The number of halogens is 1. The Kier molecular flexibility index (Phi) is 7.36. The number of nitrogens with zero attached hydrogens (tertiary/aromatic N) is 1. The maximum Gasteiger partial charge on any atom is 0.140 e. The van der Waals surface area contributed by atoms with E-state index in [1.807, 2.05) is 6.20 Å². The van der Waals surface area contributed by atoms with Crippen LogP contribution in [0.5, 0.6) is 0 Å². The van der Waals surface area contributed by atoms with Crippen LogP contribution in [0, 0.1) is 18.7 Å². The quantitative estimate of drug-likeness (QED) is 0.206. The molecular weight excluding hydrogens is 459 g/mol. The predicted molar refractivity (Wildman–Crippen MR) is 149 cm³/mol. The molecule has 0 bridgehead atoms. The lowest BCUT2D eigenvalue weighted by Gasteiger charge is -2.19. The molecule has 3 unspecified atom stereocenters. The standard InChI is InChI=1S/C33H35FN2O/c1-21-7-9-24(10-8-21)23(3)22(2)19-32(37)27-6-4-5-25(11-12-27)29-17-18-35-33-30(29)20-31(36-33)26-13-15-28(34)16-14-26/h7-10,13-18,20,23,25,27H,2,4-6,11-12,19H2,1,3H3,(H,35,36). The number of pyridine rings is 1. The topological polar surface area (TPSA) is 45.8 Å². The van der Waals surface area contributed by atoms with E-state index < -0.39 is 0 Å². The molecule has 1 fully saturated rings. The monoisotopic (exact) mass is 494 g/mol. The van der Waals surface area contributed by atoms with Crippen LogP contribution in [-0.2, 0) is 4.79 Å². The number of hydrogen-bond acceptors (Lipinski definition) is 2. The third-order valence-electron chi connectivity index (χ3n) is 8.18. The number of carbonyl (C=O) groups is 1. The van der Waals surface area contributed by atoms with Crippen LogP contribution >= 0.6 is 0 Å². The Hall–Kier alpha value is -3.53. The Morgan fingerprint density at radius 2 is 1.81 bits per heavy atom. The van der Waals surface area contributed by atoms with Gasteiger partial charge in [0.05, 0.1) is 0 Å². The lowest BCUT2D eigenvalue weighted by atomic mass is 9.85. The summed E-state index contributed by atoms with van der Waals surface area (Å²) in [6.07, 6.45) is 7.29. The molecule has 1 N–H and O–H groups in total. The minimum absolute atomic E-state index is 0.102. The summed E-state index contributed by atoms with van der Waals surface area (Å²) in [4.78, 5) is 21.2. The summed E-state index contributed by atoms with van der Waals surface area (Å²) in [7, 11) is 0. The van der Waals surface area contributed by atoms with E-state index in [1.54, 1.807) is 12.1 Å². The zero-order valence-electron chi connectivity index (χ0n) is 21.8. The van der Waals surface area contributed by atoms with E-state index in [-0.39, 0.29) is 17.7 Å². The minimum atomic E-state index is -0.241. The van der Waals surface area contributed by atoms with Gasteiger partial charge in [-0.1, -0.05) is 55.3 Å². The summed E-state index contributed by atoms with van der Waals surface area (Å²) in [5.41, 5.74) is 7.50. The molecule has 2 aromatic heterocycles. The molecule has 5 rings (SSSR count). The van der Waals surface area contributed by atoms with E-state index >= 15 is 0 Å². The van der Waals surface area contributed by atoms with Crippen molar-refractivity contribution in [1.82, 2.24) is 9.97 Å². The summed E-state index contributed by atoms with van der Waals surface area (Å²) in [5.74, 6) is 0.774. The molecule has 37 heavy (non-hydrogen) atoms. The average Bonchev–Trinajstić information content (AvgIpc) is 3.19. The zero-order chi connectivity index (χ0) is 25.9. The van der Waals surface area contributed by atoms with Crippen LogP contribution in [-0.4, -0.2) is 15.8 Å². The fourth-order valence-corrected chi connectivity index (χ4v) is 5.74. The predicted octanol–water partition coefficient (Wildman–Crippen LogP) is 8.66. The van der Waals surface area contributed by atoms with Crippen molar-refractivity contribution in [2.24, 2.45) is 5.92 Å². The van der Waals surface area contributed by atoms with Crippen molar-refractivity contribution < 1.29 is 9.18 Å². The molecular formula is C33H35FN2O. The van der Waals surface area contributed by atoms with E-state index in [0.717, 1.165) is 60.0 Å². The van der Waals surface area contributed by atoms with Gasteiger partial charge >= 0.3 is 0 Å². The van der Waals surface area contributed by atoms with E-state index in [0.29, 0.717) is 18.1 Å². The molecule has 0 saturated heterocycles. The van der Waals surface area contributed by atoms with Gasteiger partial charge in [0.15, 0.2) is 0 Å². The number of aryl methyl sites for hydroxylation is 1. The van der Waals surface area contributed by atoms with E-state index in [1.165, 1.54) is 28.8 Å². The molecule has 1 aliphatic rings. The highest BCUT2D eigenvalue weighted by atomic mass is 19.1. The minimum Gasteiger partial charge on any atom is -0.339 e. The first kappa shape index (κ1) is 25.1. The van der Waals surface area contributed by atoms with Gasteiger partial charge in [-0.25, -0.2) is 9.37 Å². The number of Topliss-reactive ketones (excluding diaryl/α,β-unsaturated/α-hetero) is 1. The summed E-state index contributed by atoms with van der Waals surface area (Å²) in [6.45, 7) is 8.52. The van der Waals surface area contributed by atoms with Crippen molar-refractivity contribution in [3.63, 3.8) is 0 Å². The number of aromatic nitrogens is 2. The first-order valence-electron chi connectivity index (χ1n) is 13.4. The van der Waals surface area contributed by atoms with Gasteiger partial charge in [-0.2, -0.15) is 0 Å². The number of rotatable bonds is 7. The Labute approximate surface area is 218 Å². The molecule has 4 aromatic rings. The number of fused-ring (bicyclic) bond motifs is 1. The molecule has 0 aliphatic heterocycles. The first-order chi connectivity index (χ1) is 17.9. The fraction of sp³-hybridized carbons (Fsp3) is 0.333. The van der Waals surface area contributed by atoms with E-state index in [4.69, 9.17) is 0 Å². The number of aromatic amines is 1. The highest BCUT2D eigenvalue weighted by Gasteiger charge is 2.27. The third kappa shape index (κ3) is 5.58. The molecule has 1 aliphatic carbocycles. The number of H-pyrrole nitrogens is 1. The number of benzene rings is 2. The summed E-state index contributed by atoms with van der Waals surface area (Å²) in [6, 6.07) is 19.3. The second-order valence-corrected chi connectivity index (χ2v) is 10.7. The van der Waals surface area contributed by atoms with Crippen LogP contribution in [0.25, 0.3) is 22.3 Å². The van der Waals surface area contributed by atoms with Crippen LogP contribution in [0.15, 0.2) is 79.0 Å². The van der Waals surface area contributed by atoms with Gasteiger partial charge in [0, 0.05) is 35.5 Å². The van der Waals surface area contributed by atoms with Crippen LogP contribution < -0.4 is 0 Å². The Balaban J connectivity index is 1.26. The molecule has 2 heterocycles. The van der Waals surface area contributed by atoms with Crippen molar-refractivity contribution in [1.29, 1.82) is 0 Å². The van der Waals surface area contributed by atoms with Crippen molar-refractivity contribution in [2.45, 2.75) is 64.2 Å². The van der Waals surface area contributed by atoms with Gasteiger partial charge in [-0.3, -0.25) is 4.79 Å². The number of carbonyl (C=O) groups excluding carboxylic acids is 1. The Morgan fingerprint density at radius 3 is 2.57 bits per heavy atom. The number of allylic oxidation sites excluding steroid dienone is 1. The third-order valence-corrected chi connectivity index (χ3v) is 8.18. The largest absolute Gasteiger partial charge is 0.339 e. The molecule has 3 nitrogen and oxygen atoms in total. The molecule has 190 valence electrons. The second kappa shape index (κ2) is 10.8. The van der Waals surface area contributed by atoms with E-state index in [2.05, 4.69) is 66.8 Å². The van der Waals surface area contributed by atoms with Gasteiger partial charge in [-0.15, -0.1) is 0 Å². The molecule has 3 atom stereocenters. The van der Waals surface area contributed by atoms with Gasteiger partial charge in [0.25, 0.3) is 0 Å². The number of ketones is 1. The maximum atomic E-state index is 13.4. The Bertz CT molecular complexity index is 1400. The molecule has 1 saturated carbocycles. The SMILES string of the molecule is C=C(CC(=O)C1CCCC(c2ccnc3[nH]c(-c4ccc(F)cc4)cc23)CC1)C(C)c1ccc(C)cc1. The molecule has 0 spiro atoms. The Morgan fingerprint density at radius 1 is 1.05 bits per heavy atom. The molecule has 0 amide bonds. The smallest absolute Gasteiger partial charge is 0.140 e. The lowest BCUT2D eigenvalue weighted by Crippen LogP contribution is -2.15. The lowest BCUT2D eigenvalue weighted by molar-refractivity contribution is -0.122. The highest BCUT2D eigenvalue weighted by Crippen LogP contribution is 2.39. The van der Waals surface area contributed by atoms with Crippen molar-refractivity contribution >= 4 is 16.8 Å². The van der Waals surface area contributed by atoms with Crippen molar-refractivity contribution in [2.75, 3.05) is 0 Å². The summed E-state index contributed by atoms with van der Waals surface area (Å²) >= 11 is 0. The van der Waals surface area contributed by atoms with Crippen molar-refractivity contribution in [3.8, 4) is 11.3 Å². The zero-order valence-corrected chi connectivity index (χ0v) is 21.8. The van der Waals surface area contributed by atoms with Crippen molar-refractivity contribution in [3.05, 3.63) is 102 Å². The average molecular weight is 495 g/mol. The first-order valence-corrected chi connectivity index (χ1v) is 13.4. The summed E-state index contributed by atoms with van der Waals surface area (Å²) < 4.78 is 13.4. The maximum absolute atomic E-state index is 13.4. The molecule has 4 heteroatoms. The number of hydrogen-bond donors (Lipinski definition) is 1. The van der Waals surface area contributed by atoms with Gasteiger partial charge in [-0.05, 0) is 91.6 Å². The normalized spacial score (nSPS) is 18.9. The van der Waals surface area contributed by atoms with Gasteiger partial charge < -0.3 is 4.98 Å². The summed E-state index contributed by atoms with van der Waals surface area (Å²) in [5, 5.41) is 1.12. The molecule has 2 aromatic carbocycles. The van der Waals surface area contributed by atoms with Crippen LogP contribution in [0.4, 0.5) is 4.39 Å². The second-order valence-electron chi connectivity index (χ2n) is 10.7. The molecule has 0 radical (unpaired) electrons.